The first-order chi connectivity index (χ1) is 8.99. The second-order valence-electron chi connectivity index (χ2n) is 5.82. The van der Waals surface area contributed by atoms with E-state index in [1.807, 2.05) is 6.07 Å². The van der Waals surface area contributed by atoms with Gasteiger partial charge in [0.05, 0.1) is 4.92 Å². The molecule has 4 nitrogen and oxygen atoms in total. The maximum atomic E-state index is 10.8. The number of hydrogen-bond donors (Lipinski definition) is 0. The van der Waals surface area contributed by atoms with Crippen LogP contribution in [0.2, 0.25) is 0 Å². The van der Waals surface area contributed by atoms with E-state index in [9.17, 15) is 10.1 Å². The van der Waals surface area contributed by atoms with E-state index in [0.29, 0.717) is 18.0 Å². The van der Waals surface area contributed by atoms with Gasteiger partial charge in [0.15, 0.2) is 0 Å². The Morgan fingerprint density at radius 1 is 1.37 bits per heavy atom. The van der Waals surface area contributed by atoms with Crippen molar-refractivity contribution >= 4 is 5.69 Å². The second kappa shape index (κ2) is 5.70. The Labute approximate surface area is 114 Å². The van der Waals surface area contributed by atoms with Gasteiger partial charge in [-0.25, -0.2) is 0 Å². The van der Waals surface area contributed by atoms with Crippen LogP contribution in [-0.2, 0) is 6.54 Å². The summed E-state index contributed by atoms with van der Waals surface area (Å²) >= 11 is 0. The van der Waals surface area contributed by atoms with Gasteiger partial charge in [-0.1, -0.05) is 26.0 Å². The average molecular weight is 262 g/mol. The molecule has 0 aromatic heterocycles. The molecular formula is C15H22N2O2. The Hall–Kier alpha value is -1.42. The van der Waals surface area contributed by atoms with Crippen molar-refractivity contribution in [3.05, 3.63) is 39.9 Å². The molecule has 1 aliphatic carbocycles. The third kappa shape index (κ3) is 3.53. The Kier molecular flexibility index (Phi) is 4.20. The number of nitro groups is 1. The highest BCUT2D eigenvalue weighted by molar-refractivity contribution is 5.34. The normalized spacial score (nSPS) is 16.9. The Morgan fingerprint density at radius 2 is 2.05 bits per heavy atom. The zero-order valence-corrected chi connectivity index (χ0v) is 11.9. The van der Waals surface area contributed by atoms with Crippen molar-refractivity contribution in [3.8, 4) is 0 Å². The topological polar surface area (TPSA) is 46.4 Å². The summed E-state index contributed by atoms with van der Waals surface area (Å²) in [5.74, 6) is 0.597. The highest BCUT2D eigenvalue weighted by Gasteiger charge is 2.33. The lowest BCUT2D eigenvalue weighted by molar-refractivity contribution is -0.384. The van der Waals surface area contributed by atoms with Crippen molar-refractivity contribution in [1.29, 1.82) is 0 Å². The third-order valence-electron chi connectivity index (χ3n) is 3.99. The Balaban J connectivity index is 2.13. The maximum absolute atomic E-state index is 10.8. The number of benzene rings is 1. The van der Waals surface area contributed by atoms with Gasteiger partial charge in [-0.3, -0.25) is 15.0 Å². The van der Waals surface area contributed by atoms with Gasteiger partial charge < -0.3 is 0 Å². The Morgan fingerprint density at radius 3 is 2.58 bits per heavy atom. The van der Waals surface area contributed by atoms with E-state index in [0.717, 1.165) is 12.1 Å². The second-order valence-corrected chi connectivity index (χ2v) is 5.82. The summed E-state index contributed by atoms with van der Waals surface area (Å²) < 4.78 is 0. The molecule has 0 heterocycles. The predicted octanol–water partition coefficient (Wildman–Crippen LogP) is 3.60. The summed E-state index contributed by atoms with van der Waals surface area (Å²) in [6, 6.07) is 8.18. The minimum atomic E-state index is -0.323. The van der Waals surface area contributed by atoms with Gasteiger partial charge in [-0.2, -0.15) is 0 Å². The van der Waals surface area contributed by atoms with Crippen LogP contribution in [0.3, 0.4) is 0 Å². The van der Waals surface area contributed by atoms with Crippen LogP contribution in [0.15, 0.2) is 24.3 Å². The number of nitro benzene ring substituents is 1. The molecule has 0 aliphatic heterocycles. The molecule has 0 spiro atoms. The van der Waals surface area contributed by atoms with Crippen molar-refractivity contribution in [2.45, 2.75) is 52.2 Å². The summed E-state index contributed by atoms with van der Waals surface area (Å²) in [5.41, 5.74) is 1.22. The van der Waals surface area contributed by atoms with Gasteiger partial charge >= 0.3 is 0 Å². The van der Waals surface area contributed by atoms with Gasteiger partial charge in [0.2, 0.25) is 0 Å². The molecule has 1 atom stereocenters. The van der Waals surface area contributed by atoms with Crippen LogP contribution in [0.4, 0.5) is 5.69 Å². The molecule has 2 rings (SSSR count). The molecule has 0 N–H and O–H groups in total. The zero-order chi connectivity index (χ0) is 14.0. The molecule has 0 amide bonds. The number of non-ortho nitro benzene ring substituents is 1. The number of rotatable bonds is 6. The van der Waals surface area contributed by atoms with E-state index in [1.165, 1.54) is 12.8 Å². The molecule has 19 heavy (non-hydrogen) atoms. The van der Waals surface area contributed by atoms with Gasteiger partial charge in [0.25, 0.3) is 5.69 Å². The van der Waals surface area contributed by atoms with Crippen LogP contribution in [0.25, 0.3) is 0 Å². The smallest absolute Gasteiger partial charge is 0.269 e. The molecule has 1 fully saturated rings. The standard InChI is InChI=1S/C15H22N2O2/c1-11(2)12(3)16(14-7-8-14)10-13-5-4-6-15(9-13)17(18)19/h4-6,9,11-12,14H,7-8,10H2,1-3H3/t12-/m1/s1. The molecular weight excluding hydrogens is 240 g/mol. The molecule has 104 valence electrons. The van der Waals surface area contributed by atoms with Crippen LogP contribution < -0.4 is 0 Å². The summed E-state index contributed by atoms with van der Waals surface area (Å²) in [4.78, 5) is 13.0. The first kappa shape index (κ1) is 14.0. The van der Waals surface area contributed by atoms with E-state index in [1.54, 1.807) is 18.2 Å². The van der Waals surface area contributed by atoms with Gasteiger partial charge in [-0.05, 0) is 31.2 Å². The van der Waals surface area contributed by atoms with Crippen LogP contribution in [0.5, 0.6) is 0 Å². The van der Waals surface area contributed by atoms with Crippen molar-refractivity contribution in [2.24, 2.45) is 5.92 Å². The van der Waals surface area contributed by atoms with Crippen molar-refractivity contribution in [1.82, 2.24) is 4.90 Å². The predicted molar refractivity (Wildman–Crippen MR) is 76.0 cm³/mol. The summed E-state index contributed by atoms with van der Waals surface area (Å²) in [6.07, 6.45) is 2.51. The third-order valence-corrected chi connectivity index (χ3v) is 3.99. The van der Waals surface area contributed by atoms with Gasteiger partial charge in [0.1, 0.15) is 0 Å². The van der Waals surface area contributed by atoms with E-state index in [-0.39, 0.29) is 10.6 Å². The molecule has 1 aromatic rings. The van der Waals surface area contributed by atoms with Crippen LogP contribution in [0, 0.1) is 16.0 Å². The first-order valence-electron chi connectivity index (χ1n) is 6.98. The highest BCUT2D eigenvalue weighted by atomic mass is 16.6. The van der Waals surface area contributed by atoms with E-state index < -0.39 is 0 Å². The quantitative estimate of drug-likeness (QED) is 0.581. The molecule has 0 unspecified atom stereocenters. The molecule has 0 saturated heterocycles. The maximum Gasteiger partial charge on any atom is 0.269 e. The van der Waals surface area contributed by atoms with Crippen LogP contribution >= 0.6 is 0 Å². The lowest BCUT2D eigenvalue weighted by Gasteiger charge is -2.32. The minimum Gasteiger partial charge on any atom is -0.293 e. The zero-order valence-electron chi connectivity index (χ0n) is 11.9. The monoisotopic (exact) mass is 262 g/mol. The number of hydrogen-bond acceptors (Lipinski definition) is 3. The lowest BCUT2D eigenvalue weighted by atomic mass is 10.0. The number of nitrogens with zero attached hydrogens (tertiary/aromatic N) is 2. The summed E-state index contributed by atoms with van der Waals surface area (Å²) in [5, 5.41) is 10.8. The molecule has 1 aromatic carbocycles. The fourth-order valence-corrected chi connectivity index (χ4v) is 2.37. The van der Waals surface area contributed by atoms with Crippen LogP contribution in [-0.4, -0.2) is 21.9 Å². The van der Waals surface area contributed by atoms with Crippen LogP contribution in [0.1, 0.15) is 39.2 Å². The minimum absolute atomic E-state index is 0.186. The van der Waals surface area contributed by atoms with Crippen molar-refractivity contribution < 1.29 is 4.92 Å². The van der Waals surface area contributed by atoms with Gasteiger partial charge in [0, 0.05) is 30.8 Å². The molecule has 0 radical (unpaired) electrons. The molecule has 0 bridgehead atoms. The van der Waals surface area contributed by atoms with E-state index in [4.69, 9.17) is 0 Å². The SMILES string of the molecule is CC(C)[C@@H](C)N(Cc1cccc([N+](=O)[O-])c1)C1CC1. The Bertz CT molecular complexity index is 455. The first-order valence-corrected chi connectivity index (χ1v) is 6.98. The van der Waals surface area contributed by atoms with Gasteiger partial charge in [-0.15, -0.1) is 0 Å². The summed E-state index contributed by atoms with van der Waals surface area (Å²) in [6.45, 7) is 7.52. The fraction of sp³-hybridized carbons (Fsp3) is 0.600. The average Bonchev–Trinajstić information content (AvgIpc) is 3.19. The lowest BCUT2D eigenvalue weighted by Crippen LogP contribution is -2.37. The van der Waals surface area contributed by atoms with Crippen molar-refractivity contribution in [3.63, 3.8) is 0 Å². The molecule has 1 saturated carbocycles. The highest BCUT2D eigenvalue weighted by Crippen LogP contribution is 2.32. The molecule has 4 heteroatoms. The molecule has 1 aliphatic rings. The summed E-state index contributed by atoms with van der Waals surface area (Å²) in [7, 11) is 0. The largest absolute Gasteiger partial charge is 0.293 e. The van der Waals surface area contributed by atoms with Crippen molar-refractivity contribution in [2.75, 3.05) is 0 Å². The van der Waals surface area contributed by atoms with E-state index in [2.05, 4.69) is 25.7 Å². The van der Waals surface area contributed by atoms with E-state index >= 15 is 0 Å². The fourth-order valence-electron chi connectivity index (χ4n) is 2.37.